The molecule has 0 N–H and O–H groups in total. The highest BCUT2D eigenvalue weighted by Crippen LogP contribution is 2.30. The Morgan fingerprint density at radius 2 is 2.08 bits per heavy atom. The SMILES string of the molecule is CCCOC(=O)[C@H](C)n1nnc2sc(-c3ccccc3)cc2c1=O. The van der Waals surface area contributed by atoms with Gasteiger partial charge in [-0.05, 0) is 25.0 Å². The zero-order valence-electron chi connectivity index (χ0n) is 13.4. The van der Waals surface area contributed by atoms with Crippen molar-refractivity contribution in [2.75, 3.05) is 6.61 Å². The number of fused-ring (bicyclic) bond motifs is 1. The first-order valence-electron chi connectivity index (χ1n) is 7.73. The van der Waals surface area contributed by atoms with Gasteiger partial charge in [0.15, 0.2) is 10.9 Å². The van der Waals surface area contributed by atoms with Gasteiger partial charge in [-0.1, -0.05) is 42.5 Å². The number of nitrogens with zero attached hydrogens (tertiary/aromatic N) is 3. The molecule has 124 valence electrons. The van der Waals surface area contributed by atoms with Crippen molar-refractivity contribution in [3.8, 4) is 10.4 Å². The van der Waals surface area contributed by atoms with Gasteiger partial charge in [-0.15, -0.1) is 16.4 Å². The van der Waals surface area contributed by atoms with Crippen LogP contribution in [0.2, 0.25) is 0 Å². The third-order valence-electron chi connectivity index (χ3n) is 3.60. The average Bonchev–Trinajstić information content (AvgIpc) is 3.05. The van der Waals surface area contributed by atoms with E-state index < -0.39 is 12.0 Å². The quantitative estimate of drug-likeness (QED) is 0.666. The zero-order chi connectivity index (χ0) is 17.1. The summed E-state index contributed by atoms with van der Waals surface area (Å²) in [4.78, 5) is 26.1. The van der Waals surface area contributed by atoms with Crippen molar-refractivity contribution in [3.63, 3.8) is 0 Å². The number of carbonyl (C=O) groups excluding carboxylic acids is 1. The molecule has 0 aliphatic heterocycles. The van der Waals surface area contributed by atoms with Crippen molar-refractivity contribution in [1.82, 2.24) is 15.0 Å². The number of esters is 1. The normalized spacial score (nSPS) is 12.2. The summed E-state index contributed by atoms with van der Waals surface area (Å²) in [6, 6.07) is 10.8. The van der Waals surface area contributed by atoms with Crippen LogP contribution in [0.4, 0.5) is 0 Å². The molecule has 0 aliphatic carbocycles. The highest BCUT2D eigenvalue weighted by Gasteiger charge is 2.21. The monoisotopic (exact) mass is 343 g/mol. The van der Waals surface area contributed by atoms with E-state index in [-0.39, 0.29) is 5.56 Å². The van der Waals surface area contributed by atoms with Crippen LogP contribution in [0.15, 0.2) is 41.2 Å². The Balaban J connectivity index is 1.99. The van der Waals surface area contributed by atoms with Crippen LogP contribution in [-0.4, -0.2) is 27.6 Å². The van der Waals surface area contributed by atoms with Crippen molar-refractivity contribution in [1.29, 1.82) is 0 Å². The van der Waals surface area contributed by atoms with Gasteiger partial charge in [0.25, 0.3) is 5.56 Å². The number of hydrogen-bond donors (Lipinski definition) is 0. The van der Waals surface area contributed by atoms with Crippen LogP contribution in [0.1, 0.15) is 26.3 Å². The molecule has 0 saturated heterocycles. The number of benzene rings is 1. The van der Waals surface area contributed by atoms with E-state index >= 15 is 0 Å². The molecule has 24 heavy (non-hydrogen) atoms. The molecule has 0 aliphatic rings. The van der Waals surface area contributed by atoms with Gasteiger partial charge in [0, 0.05) is 4.88 Å². The van der Waals surface area contributed by atoms with E-state index in [9.17, 15) is 9.59 Å². The third kappa shape index (κ3) is 3.07. The maximum atomic E-state index is 12.7. The first kappa shape index (κ1) is 16.3. The Hall–Kier alpha value is -2.54. The van der Waals surface area contributed by atoms with Crippen molar-refractivity contribution in [2.45, 2.75) is 26.3 Å². The van der Waals surface area contributed by atoms with Crippen molar-refractivity contribution in [2.24, 2.45) is 0 Å². The van der Waals surface area contributed by atoms with Crippen molar-refractivity contribution in [3.05, 3.63) is 46.8 Å². The summed E-state index contributed by atoms with van der Waals surface area (Å²) in [6.45, 7) is 3.82. The first-order chi connectivity index (χ1) is 11.6. The molecule has 0 radical (unpaired) electrons. The van der Waals surface area contributed by atoms with Gasteiger partial charge in [0.2, 0.25) is 0 Å². The van der Waals surface area contributed by atoms with Crippen LogP contribution >= 0.6 is 11.3 Å². The van der Waals surface area contributed by atoms with Crippen LogP contribution in [0, 0.1) is 0 Å². The molecular weight excluding hydrogens is 326 g/mol. The maximum Gasteiger partial charge on any atom is 0.330 e. The molecule has 1 aromatic carbocycles. The lowest BCUT2D eigenvalue weighted by Crippen LogP contribution is -2.32. The number of aromatic nitrogens is 3. The molecule has 0 unspecified atom stereocenters. The third-order valence-corrected chi connectivity index (χ3v) is 4.67. The minimum absolute atomic E-state index is 0.324. The fourth-order valence-electron chi connectivity index (χ4n) is 2.28. The zero-order valence-corrected chi connectivity index (χ0v) is 14.2. The Labute approximate surface area is 142 Å². The standard InChI is InChI=1S/C17H17N3O3S/c1-3-9-23-17(22)11(2)20-16(21)13-10-14(24-15(13)18-19-20)12-7-5-4-6-8-12/h4-8,10-11H,3,9H2,1-2H3/t11-/m0/s1. The molecule has 2 aromatic heterocycles. The van der Waals surface area contributed by atoms with Gasteiger partial charge in [0.05, 0.1) is 12.0 Å². The minimum atomic E-state index is -0.805. The smallest absolute Gasteiger partial charge is 0.330 e. The number of ether oxygens (including phenoxy) is 1. The molecule has 3 aromatic rings. The van der Waals surface area contributed by atoms with Gasteiger partial charge in [0.1, 0.15) is 0 Å². The van der Waals surface area contributed by atoms with Gasteiger partial charge < -0.3 is 4.74 Å². The number of thiophene rings is 1. The van der Waals surface area contributed by atoms with Crippen molar-refractivity contribution >= 4 is 27.5 Å². The number of rotatable bonds is 5. The van der Waals surface area contributed by atoms with E-state index in [0.717, 1.165) is 21.5 Å². The molecule has 0 bridgehead atoms. The van der Waals surface area contributed by atoms with E-state index in [1.165, 1.54) is 11.3 Å². The summed E-state index contributed by atoms with van der Waals surface area (Å²) < 4.78 is 6.17. The van der Waals surface area contributed by atoms with Gasteiger partial charge in [-0.2, -0.15) is 4.68 Å². The Kier molecular flexibility index (Phi) is 4.71. The van der Waals surface area contributed by atoms with Crippen molar-refractivity contribution < 1.29 is 9.53 Å². The van der Waals surface area contributed by atoms with E-state index in [0.29, 0.717) is 16.8 Å². The van der Waals surface area contributed by atoms with Crippen LogP contribution < -0.4 is 5.56 Å². The summed E-state index contributed by atoms with van der Waals surface area (Å²) >= 11 is 1.40. The fraction of sp³-hybridized carbons (Fsp3) is 0.294. The first-order valence-corrected chi connectivity index (χ1v) is 8.54. The predicted octanol–water partition coefficient (Wildman–Crippen LogP) is 3.03. The van der Waals surface area contributed by atoms with Crippen LogP contribution in [0.25, 0.3) is 20.7 Å². The Morgan fingerprint density at radius 1 is 1.33 bits per heavy atom. The number of hydrogen-bond acceptors (Lipinski definition) is 6. The van der Waals surface area contributed by atoms with E-state index in [4.69, 9.17) is 4.74 Å². The molecule has 3 rings (SSSR count). The molecule has 0 fully saturated rings. The summed E-state index contributed by atoms with van der Waals surface area (Å²) in [5.41, 5.74) is 0.682. The van der Waals surface area contributed by atoms with Gasteiger partial charge >= 0.3 is 5.97 Å². The Morgan fingerprint density at radius 3 is 2.79 bits per heavy atom. The highest BCUT2D eigenvalue weighted by molar-refractivity contribution is 7.21. The molecule has 0 saturated carbocycles. The minimum Gasteiger partial charge on any atom is -0.464 e. The largest absolute Gasteiger partial charge is 0.464 e. The Bertz CT molecular complexity index is 918. The van der Waals surface area contributed by atoms with Gasteiger partial charge in [-0.25, -0.2) is 4.79 Å². The second kappa shape index (κ2) is 6.92. The van der Waals surface area contributed by atoms with Crippen LogP contribution in [-0.2, 0) is 9.53 Å². The molecule has 0 amide bonds. The molecule has 2 heterocycles. The maximum absolute atomic E-state index is 12.7. The van der Waals surface area contributed by atoms with E-state index in [2.05, 4.69) is 10.3 Å². The van der Waals surface area contributed by atoms with E-state index in [1.807, 2.05) is 37.3 Å². The summed E-state index contributed by atoms with van der Waals surface area (Å²) in [5.74, 6) is -0.480. The molecule has 0 spiro atoms. The number of carbonyl (C=O) groups is 1. The fourth-order valence-corrected chi connectivity index (χ4v) is 3.26. The topological polar surface area (TPSA) is 74.1 Å². The summed E-state index contributed by atoms with van der Waals surface area (Å²) in [7, 11) is 0. The van der Waals surface area contributed by atoms with Crippen LogP contribution in [0.3, 0.4) is 0 Å². The highest BCUT2D eigenvalue weighted by atomic mass is 32.1. The molecule has 1 atom stereocenters. The molecule has 7 heteroatoms. The average molecular weight is 343 g/mol. The lowest BCUT2D eigenvalue weighted by Gasteiger charge is -2.11. The van der Waals surface area contributed by atoms with Crippen LogP contribution in [0.5, 0.6) is 0 Å². The second-order valence-corrected chi connectivity index (χ2v) is 6.41. The predicted molar refractivity (Wildman–Crippen MR) is 93.1 cm³/mol. The van der Waals surface area contributed by atoms with E-state index in [1.54, 1.807) is 13.0 Å². The lowest BCUT2D eigenvalue weighted by atomic mass is 10.2. The van der Waals surface area contributed by atoms with Gasteiger partial charge in [-0.3, -0.25) is 4.79 Å². The molecule has 6 nitrogen and oxygen atoms in total. The molecular formula is C17H17N3O3S. The lowest BCUT2D eigenvalue weighted by molar-refractivity contribution is -0.147. The second-order valence-electron chi connectivity index (χ2n) is 5.38. The summed E-state index contributed by atoms with van der Waals surface area (Å²) in [6.07, 6.45) is 0.725. The summed E-state index contributed by atoms with van der Waals surface area (Å²) in [5, 5.41) is 8.46.